The summed E-state index contributed by atoms with van der Waals surface area (Å²) < 4.78 is 10.4. The molecule has 23 heavy (non-hydrogen) atoms. The van der Waals surface area contributed by atoms with Crippen LogP contribution in [-0.2, 0) is 19.1 Å². The number of hydrogen-bond donors (Lipinski definition) is 0. The van der Waals surface area contributed by atoms with E-state index in [1.54, 1.807) is 7.11 Å². The van der Waals surface area contributed by atoms with Crippen LogP contribution in [0.1, 0.15) is 38.5 Å². The van der Waals surface area contributed by atoms with E-state index in [1.807, 2.05) is 4.90 Å². The van der Waals surface area contributed by atoms with Gasteiger partial charge < -0.3 is 19.3 Å². The zero-order valence-corrected chi connectivity index (χ0v) is 14.0. The lowest BCUT2D eigenvalue weighted by Crippen LogP contribution is -2.56. The quantitative estimate of drug-likeness (QED) is 0.758. The highest BCUT2D eigenvalue weighted by molar-refractivity contribution is 5.82. The molecule has 1 saturated carbocycles. The molecule has 0 N–H and O–H groups in total. The molecule has 130 valence electrons. The topological polar surface area (TPSA) is 59.1 Å². The number of carbonyl (C=O) groups is 2. The highest BCUT2D eigenvalue weighted by Gasteiger charge is 2.41. The highest BCUT2D eigenvalue weighted by atomic mass is 16.5. The molecule has 6 nitrogen and oxygen atoms in total. The molecule has 2 amide bonds. The van der Waals surface area contributed by atoms with Crippen LogP contribution >= 0.6 is 0 Å². The molecule has 6 heteroatoms. The second-order valence-electron chi connectivity index (χ2n) is 6.93. The average Bonchev–Trinajstić information content (AvgIpc) is 3.41. The first kappa shape index (κ1) is 16.7. The van der Waals surface area contributed by atoms with Crippen LogP contribution < -0.4 is 0 Å². The third-order valence-corrected chi connectivity index (χ3v) is 5.18. The van der Waals surface area contributed by atoms with Crippen LogP contribution in [0.2, 0.25) is 0 Å². The van der Waals surface area contributed by atoms with Crippen molar-refractivity contribution < 1.29 is 19.1 Å². The molecule has 0 aromatic heterocycles. The SMILES string of the molecule is COCC(=O)N1CCCC(N(C(=O)C2CC2)C2CCOCC2)C1. The van der Waals surface area contributed by atoms with Crippen molar-refractivity contribution >= 4 is 11.8 Å². The molecule has 2 aliphatic heterocycles. The molecule has 0 bridgehead atoms. The van der Waals surface area contributed by atoms with Crippen LogP contribution in [0, 0.1) is 5.92 Å². The third-order valence-electron chi connectivity index (χ3n) is 5.18. The number of nitrogens with zero attached hydrogens (tertiary/aromatic N) is 2. The van der Waals surface area contributed by atoms with Gasteiger partial charge in [-0.15, -0.1) is 0 Å². The van der Waals surface area contributed by atoms with Crippen molar-refractivity contribution in [2.24, 2.45) is 5.92 Å². The van der Waals surface area contributed by atoms with Crippen LogP contribution in [0.25, 0.3) is 0 Å². The smallest absolute Gasteiger partial charge is 0.248 e. The summed E-state index contributed by atoms with van der Waals surface area (Å²) >= 11 is 0. The number of methoxy groups -OCH3 is 1. The number of likely N-dealkylation sites (tertiary alicyclic amines) is 1. The Bertz CT molecular complexity index is 432. The van der Waals surface area contributed by atoms with Gasteiger partial charge in [0.2, 0.25) is 11.8 Å². The van der Waals surface area contributed by atoms with Gasteiger partial charge in [-0.05, 0) is 38.5 Å². The van der Waals surface area contributed by atoms with E-state index in [-0.39, 0.29) is 30.5 Å². The first-order chi connectivity index (χ1) is 11.2. The summed E-state index contributed by atoms with van der Waals surface area (Å²) in [5.41, 5.74) is 0. The predicted molar refractivity (Wildman–Crippen MR) is 84.9 cm³/mol. The van der Waals surface area contributed by atoms with E-state index in [0.717, 1.165) is 58.3 Å². The Morgan fingerprint density at radius 3 is 2.52 bits per heavy atom. The number of piperidine rings is 1. The van der Waals surface area contributed by atoms with Gasteiger partial charge in [0.15, 0.2) is 0 Å². The summed E-state index contributed by atoms with van der Waals surface area (Å²) in [5, 5.41) is 0. The van der Waals surface area contributed by atoms with Crippen molar-refractivity contribution in [1.29, 1.82) is 0 Å². The van der Waals surface area contributed by atoms with Crippen LogP contribution in [0.3, 0.4) is 0 Å². The normalized spacial score (nSPS) is 26.1. The van der Waals surface area contributed by atoms with Crippen molar-refractivity contribution in [3.63, 3.8) is 0 Å². The Morgan fingerprint density at radius 2 is 1.87 bits per heavy atom. The maximum absolute atomic E-state index is 12.9. The molecule has 0 aromatic carbocycles. The zero-order valence-electron chi connectivity index (χ0n) is 14.0. The fourth-order valence-corrected chi connectivity index (χ4v) is 3.79. The number of ether oxygens (including phenoxy) is 2. The fraction of sp³-hybridized carbons (Fsp3) is 0.882. The lowest BCUT2D eigenvalue weighted by Gasteiger charge is -2.44. The summed E-state index contributed by atoms with van der Waals surface area (Å²) in [6.07, 6.45) is 5.83. The van der Waals surface area contributed by atoms with E-state index in [2.05, 4.69) is 4.90 Å². The molecule has 3 aliphatic rings. The van der Waals surface area contributed by atoms with Crippen molar-refractivity contribution in [3.05, 3.63) is 0 Å². The van der Waals surface area contributed by atoms with Gasteiger partial charge in [-0.2, -0.15) is 0 Å². The lowest BCUT2D eigenvalue weighted by molar-refractivity contribution is -0.146. The lowest BCUT2D eigenvalue weighted by atomic mass is 9.97. The van der Waals surface area contributed by atoms with Gasteiger partial charge in [0.1, 0.15) is 6.61 Å². The molecular weight excluding hydrogens is 296 g/mol. The fourth-order valence-electron chi connectivity index (χ4n) is 3.79. The molecule has 2 saturated heterocycles. The van der Waals surface area contributed by atoms with Crippen LogP contribution in [0.4, 0.5) is 0 Å². The molecule has 1 aliphatic carbocycles. The van der Waals surface area contributed by atoms with E-state index < -0.39 is 0 Å². The van der Waals surface area contributed by atoms with Crippen LogP contribution in [0.15, 0.2) is 0 Å². The average molecular weight is 324 g/mol. The van der Waals surface area contributed by atoms with Crippen molar-refractivity contribution in [1.82, 2.24) is 9.80 Å². The maximum Gasteiger partial charge on any atom is 0.248 e. The van der Waals surface area contributed by atoms with Gasteiger partial charge in [0.25, 0.3) is 0 Å². The van der Waals surface area contributed by atoms with Gasteiger partial charge >= 0.3 is 0 Å². The molecule has 0 radical (unpaired) electrons. The summed E-state index contributed by atoms with van der Waals surface area (Å²) in [6, 6.07) is 0.431. The van der Waals surface area contributed by atoms with Crippen molar-refractivity contribution in [3.8, 4) is 0 Å². The van der Waals surface area contributed by atoms with E-state index in [1.165, 1.54) is 0 Å². The van der Waals surface area contributed by atoms with Crippen molar-refractivity contribution in [2.45, 2.75) is 50.6 Å². The highest BCUT2D eigenvalue weighted by Crippen LogP contribution is 2.35. The summed E-state index contributed by atoms with van der Waals surface area (Å²) in [4.78, 5) is 29.0. The molecule has 1 atom stereocenters. The maximum atomic E-state index is 12.9. The monoisotopic (exact) mass is 324 g/mol. The number of amides is 2. The minimum absolute atomic E-state index is 0.0306. The number of carbonyl (C=O) groups excluding carboxylic acids is 2. The van der Waals surface area contributed by atoms with E-state index >= 15 is 0 Å². The third kappa shape index (κ3) is 4.04. The molecule has 0 aromatic rings. The predicted octanol–water partition coefficient (Wildman–Crippen LogP) is 1.04. The Labute approximate surface area is 138 Å². The largest absolute Gasteiger partial charge is 0.381 e. The molecular formula is C17H28N2O4. The Balaban J connectivity index is 1.69. The van der Waals surface area contributed by atoms with Crippen LogP contribution in [-0.4, -0.2) is 73.7 Å². The minimum atomic E-state index is 0.0306. The van der Waals surface area contributed by atoms with E-state index in [9.17, 15) is 9.59 Å². The standard InChI is InChI=1S/C17H28N2O4/c1-22-12-16(20)18-8-2-3-15(11-18)19(17(21)13-4-5-13)14-6-9-23-10-7-14/h13-15H,2-12H2,1H3. The first-order valence-corrected chi connectivity index (χ1v) is 8.87. The summed E-state index contributed by atoms with van der Waals surface area (Å²) in [6.45, 7) is 3.02. The molecule has 2 heterocycles. The Morgan fingerprint density at radius 1 is 1.13 bits per heavy atom. The zero-order chi connectivity index (χ0) is 16.2. The second-order valence-corrected chi connectivity index (χ2v) is 6.93. The Kier molecular flexibility index (Phi) is 5.54. The van der Waals surface area contributed by atoms with Crippen LogP contribution in [0.5, 0.6) is 0 Å². The van der Waals surface area contributed by atoms with Gasteiger partial charge in [-0.25, -0.2) is 0 Å². The number of rotatable bonds is 5. The molecule has 3 rings (SSSR count). The van der Waals surface area contributed by atoms with Gasteiger partial charge in [0, 0.05) is 51.4 Å². The molecule has 0 spiro atoms. The van der Waals surface area contributed by atoms with Crippen molar-refractivity contribution in [2.75, 3.05) is 40.0 Å². The van der Waals surface area contributed by atoms with Gasteiger partial charge in [0.05, 0.1) is 0 Å². The number of hydrogen-bond acceptors (Lipinski definition) is 4. The van der Waals surface area contributed by atoms with Gasteiger partial charge in [-0.1, -0.05) is 0 Å². The van der Waals surface area contributed by atoms with E-state index in [4.69, 9.17) is 9.47 Å². The molecule has 1 unspecified atom stereocenters. The Hall–Kier alpha value is -1.14. The van der Waals surface area contributed by atoms with Gasteiger partial charge in [-0.3, -0.25) is 9.59 Å². The van der Waals surface area contributed by atoms with E-state index in [0.29, 0.717) is 12.5 Å². The minimum Gasteiger partial charge on any atom is -0.381 e. The first-order valence-electron chi connectivity index (χ1n) is 8.87. The second kappa shape index (κ2) is 7.62. The summed E-state index contributed by atoms with van der Waals surface area (Å²) in [5.74, 6) is 0.564. The molecule has 3 fully saturated rings. The summed E-state index contributed by atoms with van der Waals surface area (Å²) in [7, 11) is 1.55.